The molecule has 0 amide bonds. The summed E-state index contributed by atoms with van der Waals surface area (Å²) in [5.41, 5.74) is 0.507. The van der Waals surface area contributed by atoms with Gasteiger partial charge in [0.25, 0.3) is 0 Å². The Hall–Kier alpha value is -0.220. The number of carbonyl (C=O) groups excluding carboxylic acids is 1. The molecule has 4 aliphatic carbocycles. The van der Waals surface area contributed by atoms with Gasteiger partial charge in [-0.05, 0) is 79.4 Å². The van der Waals surface area contributed by atoms with Crippen LogP contribution in [0.25, 0.3) is 0 Å². The van der Waals surface area contributed by atoms with Crippen LogP contribution in [0.2, 0.25) is 0 Å². The zero-order valence-electron chi connectivity index (χ0n) is 19.0. The number of rotatable bonds is 4. The molecule has 6 fully saturated rings. The lowest BCUT2D eigenvalue weighted by molar-refractivity contribution is -0.148. The maximum atomic E-state index is 13.7. The molecule has 168 valence electrons. The fourth-order valence-corrected chi connectivity index (χ4v) is 11.1. The molecule has 0 spiro atoms. The van der Waals surface area contributed by atoms with E-state index in [-0.39, 0.29) is 17.4 Å². The molecule has 4 saturated carbocycles. The highest BCUT2D eigenvalue weighted by Gasteiger charge is 2.63. The van der Waals surface area contributed by atoms with Gasteiger partial charge in [-0.1, -0.05) is 20.8 Å². The Morgan fingerprint density at radius 2 is 1.60 bits per heavy atom. The summed E-state index contributed by atoms with van der Waals surface area (Å²) in [4.78, 5) is 12.4. The zero-order valence-corrected chi connectivity index (χ0v) is 19.9. The van der Waals surface area contributed by atoms with Crippen molar-refractivity contribution in [3.05, 3.63) is 0 Å². The highest BCUT2D eigenvalue weighted by molar-refractivity contribution is 7.54. The maximum absolute atomic E-state index is 13.7. The molecule has 3 unspecified atom stereocenters. The zero-order chi connectivity index (χ0) is 20.9. The molecule has 0 radical (unpaired) electrons. The van der Waals surface area contributed by atoms with Crippen molar-refractivity contribution in [1.29, 1.82) is 0 Å². The second-order valence-corrected chi connectivity index (χ2v) is 14.4. The van der Waals surface area contributed by atoms with Crippen LogP contribution in [-0.2, 0) is 13.9 Å². The first-order valence-corrected chi connectivity index (χ1v) is 14.1. The van der Waals surface area contributed by atoms with Crippen LogP contribution in [0.3, 0.4) is 0 Å². The molecule has 6 heteroatoms. The van der Waals surface area contributed by atoms with Crippen LogP contribution in [0.1, 0.15) is 72.1 Å². The van der Waals surface area contributed by atoms with Crippen molar-refractivity contribution in [1.82, 2.24) is 9.34 Å². The first-order valence-electron chi connectivity index (χ1n) is 12.6. The van der Waals surface area contributed by atoms with Crippen LogP contribution >= 0.6 is 7.67 Å². The minimum Gasteiger partial charge on any atom is -0.302 e. The van der Waals surface area contributed by atoms with Crippen molar-refractivity contribution in [3.8, 4) is 0 Å². The largest absolute Gasteiger partial charge is 0.346 e. The van der Waals surface area contributed by atoms with Gasteiger partial charge < -0.3 is 4.52 Å². The Morgan fingerprint density at radius 3 is 2.27 bits per heavy atom. The van der Waals surface area contributed by atoms with Crippen LogP contribution < -0.4 is 0 Å². The monoisotopic (exact) mass is 434 g/mol. The van der Waals surface area contributed by atoms with Crippen molar-refractivity contribution < 1.29 is 13.9 Å². The Kier molecular flexibility index (Phi) is 4.52. The predicted octanol–water partition coefficient (Wildman–Crippen LogP) is 4.97. The number of fused-ring (bicyclic) bond motifs is 5. The number of carbonyl (C=O) groups is 1. The van der Waals surface area contributed by atoms with Gasteiger partial charge in [0.15, 0.2) is 0 Å². The lowest BCUT2D eigenvalue weighted by atomic mass is 9.44. The number of nitrogens with zero attached hydrogens (tertiary/aromatic N) is 2. The number of hydrogen-bond acceptors (Lipinski definition) is 3. The predicted molar refractivity (Wildman–Crippen MR) is 117 cm³/mol. The Balaban J connectivity index is 1.24. The van der Waals surface area contributed by atoms with E-state index in [0.717, 1.165) is 57.3 Å². The molecule has 0 aromatic carbocycles. The van der Waals surface area contributed by atoms with E-state index in [1.54, 1.807) is 0 Å². The quantitative estimate of drug-likeness (QED) is 0.462. The first-order chi connectivity index (χ1) is 14.3. The molecule has 6 rings (SSSR count). The van der Waals surface area contributed by atoms with Gasteiger partial charge in [-0.3, -0.25) is 9.36 Å². The normalized spacial score (nSPS) is 51.2. The molecule has 5 nitrogen and oxygen atoms in total. The summed E-state index contributed by atoms with van der Waals surface area (Å²) in [5.74, 6) is 3.57. The third-order valence-electron chi connectivity index (χ3n) is 10.5. The van der Waals surface area contributed by atoms with Crippen LogP contribution in [0.5, 0.6) is 0 Å². The molecular weight excluding hydrogens is 395 g/mol. The lowest BCUT2D eigenvalue weighted by Crippen LogP contribution is -2.55. The van der Waals surface area contributed by atoms with Crippen molar-refractivity contribution in [3.63, 3.8) is 0 Å². The highest BCUT2D eigenvalue weighted by Crippen LogP contribution is 2.70. The lowest BCUT2D eigenvalue weighted by Gasteiger charge is -2.60. The van der Waals surface area contributed by atoms with Crippen LogP contribution in [0.15, 0.2) is 0 Å². The smallest absolute Gasteiger partial charge is 0.302 e. The van der Waals surface area contributed by atoms with Gasteiger partial charge in [0.05, 0.1) is 6.10 Å². The van der Waals surface area contributed by atoms with E-state index in [4.69, 9.17) is 4.52 Å². The van der Waals surface area contributed by atoms with Crippen LogP contribution in [0.4, 0.5) is 0 Å². The molecule has 2 heterocycles. The van der Waals surface area contributed by atoms with Gasteiger partial charge in [0, 0.05) is 38.5 Å². The third kappa shape index (κ3) is 2.84. The summed E-state index contributed by atoms with van der Waals surface area (Å²) in [5, 5.41) is 0. The Bertz CT molecular complexity index is 779. The second kappa shape index (κ2) is 6.65. The molecule has 30 heavy (non-hydrogen) atoms. The molecule has 0 aromatic rings. The van der Waals surface area contributed by atoms with Crippen molar-refractivity contribution in [2.24, 2.45) is 40.4 Å². The average molecular weight is 435 g/mol. The molecule has 0 aromatic heterocycles. The molecular formula is C24H39N2O3P. The standard InChI is InChI=1S/C24H39N2O3P/c1-16-15-24(3)17(14-21(16)27)4-5-18-19-6-7-22(23(19,2)9-8-20(18)24)29-30(28,25-10-11-25)26-12-13-26/h16-20,22H,4-15H2,1-3H3/t16?,17?,18-,19-,20-,22?,23-,24-/m0/s1. The van der Waals surface area contributed by atoms with E-state index in [1.807, 2.05) is 0 Å². The summed E-state index contributed by atoms with van der Waals surface area (Å²) in [6, 6.07) is 0. The molecule has 2 saturated heterocycles. The molecule has 0 bridgehead atoms. The first kappa shape index (κ1) is 20.4. The van der Waals surface area contributed by atoms with Crippen LogP contribution in [0, 0.1) is 40.4 Å². The van der Waals surface area contributed by atoms with E-state index >= 15 is 0 Å². The van der Waals surface area contributed by atoms with Gasteiger partial charge in [-0.15, -0.1) is 0 Å². The van der Waals surface area contributed by atoms with Crippen molar-refractivity contribution >= 4 is 13.5 Å². The summed E-state index contributed by atoms with van der Waals surface area (Å²) >= 11 is 0. The van der Waals surface area contributed by atoms with Gasteiger partial charge >= 0.3 is 7.67 Å². The van der Waals surface area contributed by atoms with E-state index in [9.17, 15) is 9.36 Å². The van der Waals surface area contributed by atoms with Gasteiger partial charge in [0.2, 0.25) is 0 Å². The second-order valence-electron chi connectivity index (χ2n) is 12.0. The summed E-state index contributed by atoms with van der Waals surface area (Å²) in [6.07, 6.45) is 9.36. The fourth-order valence-electron chi connectivity index (χ4n) is 8.60. The average Bonchev–Trinajstić information content (AvgIpc) is 3.60. The SMILES string of the molecule is CC1C[C@@]2(C)C(CC[C@@H]3[C@@H]2CC[C@]2(C)C(OP(=O)(N4CC4)N4CC4)CC[C@@H]32)CC1=O. The molecule has 8 atom stereocenters. The summed E-state index contributed by atoms with van der Waals surface area (Å²) in [6.45, 7) is 10.9. The van der Waals surface area contributed by atoms with E-state index in [1.165, 1.54) is 32.1 Å². The maximum Gasteiger partial charge on any atom is 0.346 e. The molecule has 6 aliphatic rings. The van der Waals surface area contributed by atoms with Crippen molar-refractivity contribution in [2.45, 2.75) is 78.2 Å². The highest BCUT2D eigenvalue weighted by atomic mass is 31.2. The number of ketones is 1. The summed E-state index contributed by atoms with van der Waals surface area (Å²) in [7, 11) is -2.76. The van der Waals surface area contributed by atoms with Gasteiger partial charge in [-0.2, -0.15) is 0 Å². The van der Waals surface area contributed by atoms with Crippen LogP contribution in [-0.4, -0.2) is 47.4 Å². The Labute approximate surface area is 181 Å². The number of hydrogen-bond donors (Lipinski definition) is 0. The van der Waals surface area contributed by atoms with Gasteiger partial charge in [0.1, 0.15) is 5.78 Å². The number of Topliss-reactive ketones (excluding diaryl/α,β-unsaturated/α-hetero) is 1. The Morgan fingerprint density at radius 1 is 0.933 bits per heavy atom. The molecule has 2 aliphatic heterocycles. The van der Waals surface area contributed by atoms with Gasteiger partial charge in [-0.25, -0.2) is 9.34 Å². The van der Waals surface area contributed by atoms with E-state index in [0.29, 0.717) is 23.0 Å². The fraction of sp³-hybridized carbons (Fsp3) is 0.958. The minimum absolute atomic E-state index is 0.146. The third-order valence-corrected chi connectivity index (χ3v) is 13.3. The van der Waals surface area contributed by atoms with Crippen molar-refractivity contribution in [2.75, 3.05) is 26.2 Å². The van der Waals surface area contributed by atoms with E-state index in [2.05, 4.69) is 30.1 Å². The molecule has 0 N–H and O–H groups in total. The summed E-state index contributed by atoms with van der Waals surface area (Å²) < 4.78 is 24.5. The topological polar surface area (TPSA) is 49.4 Å². The minimum atomic E-state index is -2.76. The van der Waals surface area contributed by atoms with E-state index < -0.39 is 7.67 Å².